The number of benzene rings is 3. The van der Waals surface area contributed by atoms with Gasteiger partial charge in [0.15, 0.2) is 5.65 Å². The van der Waals surface area contributed by atoms with Gasteiger partial charge in [-0.3, -0.25) is 0 Å². The summed E-state index contributed by atoms with van der Waals surface area (Å²) in [5.41, 5.74) is 11.6. The van der Waals surface area contributed by atoms with E-state index in [-0.39, 0.29) is 18.1 Å². The van der Waals surface area contributed by atoms with E-state index in [4.69, 9.17) is 15.6 Å². The Balaban J connectivity index is 1.55. The lowest BCUT2D eigenvalue weighted by atomic mass is 9.91. The third-order valence-electron chi connectivity index (χ3n) is 6.04. The van der Waals surface area contributed by atoms with Crippen LogP contribution in [0, 0.1) is 5.82 Å². The third kappa shape index (κ3) is 3.65. The molecule has 0 radical (unpaired) electrons. The predicted molar refractivity (Wildman–Crippen MR) is 130 cm³/mol. The van der Waals surface area contributed by atoms with Gasteiger partial charge >= 0.3 is 0 Å². The normalized spacial score (nSPS) is 13.1. The molecule has 0 saturated heterocycles. The minimum Gasteiger partial charge on any atom is -0.508 e. The average Bonchev–Trinajstić information content (AvgIpc) is 3.23. The third-order valence-corrected chi connectivity index (χ3v) is 6.04. The number of nitrogens with two attached hydrogens (primary N) is 1. The minimum absolute atomic E-state index is 0.209. The van der Waals surface area contributed by atoms with Crippen LogP contribution in [0.5, 0.6) is 5.75 Å². The van der Waals surface area contributed by atoms with E-state index < -0.39 is 5.82 Å². The van der Waals surface area contributed by atoms with Crippen LogP contribution in [0.4, 0.5) is 10.2 Å². The Morgan fingerprint density at radius 3 is 2.60 bits per heavy atom. The molecule has 7 nitrogen and oxygen atoms in total. The molecule has 0 amide bonds. The van der Waals surface area contributed by atoms with Crippen LogP contribution >= 0.6 is 0 Å². The van der Waals surface area contributed by atoms with Crippen molar-refractivity contribution in [3.63, 3.8) is 0 Å². The summed E-state index contributed by atoms with van der Waals surface area (Å²) in [5, 5.41) is 15.2. The van der Waals surface area contributed by atoms with Gasteiger partial charge in [-0.2, -0.15) is 5.10 Å². The fourth-order valence-corrected chi connectivity index (χ4v) is 4.51. The molecule has 0 fully saturated rings. The van der Waals surface area contributed by atoms with E-state index in [0.717, 1.165) is 34.1 Å². The summed E-state index contributed by atoms with van der Waals surface area (Å²) in [5.74, 6) is 0.149. The van der Waals surface area contributed by atoms with Crippen molar-refractivity contribution >= 4 is 22.4 Å². The maximum absolute atomic E-state index is 14.1. The zero-order chi connectivity index (χ0) is 23.9. The Bertz CT molecular complexity index is 1590. The SMILES string of the molecule is Nc1ncnc2c1c(-c1cc(O)cc(F)c1)nn2CC1=C(c2ccccc2)c2ccccc2CO1. The van der Waals surface area contributed by atoms with E-state index in [9.17, 15) is 9.50 Å². The lowest BCUT2D eigenvalue weighted by Crippen LogP contribution is -2.14. The Kier molecular flexibility index (Phi) is 4.92. The van der Waals surface area contributed by atoms with Crippen LogP contribution < -0.4 is 5.73 Å². The summed E-state index contributed by atoms with van der Waals surface area (Å²) in [7, 11) is 0. The molecule has 172 valence electrons. The van der Waals surface area contributed by atoms with Gasteiger partial charge in [-0.25, -0.2) is 19.0 Å². The van der Waals surface area contributed by atoms with E-state index in [2.05, 4.69) is 22.1 Å². The van der Waals surface area contributed by atoms with Crippen LogP contribution in [0.3, 0.4) is 0 Å². The summed E-state index contributed by atoms with van der Waals surface area (Å²) in [6.45, 7) is 0.704. The van der Waals surface area contributed by atoms with Crippen LogP contribution in [0.25, 0.3) is 27.9 Å². The first kappa shape index (κ1) is 20.9. The van der Waals surface area contributed by atoms with Crippen molar-refractivity contribution in [1.29, 1.82) is 0 Å². The molecule has 35 heavy (non-hydrogen) atoms. The number of aromatic hydroxyl groups is 1. The van der Waals surface area contributed by atoms with Crippen LogP contribution in [0.1, 0.15) is 16.7 Å². The van der Waals surface area contributed by atoms with Crippen LogP contribution in [0.2, 0.25) is 0 Å². The molecule has 1 aliphatic rings. The highest BCUT2D eigenvalue weighted by molar-refractivity contribution is 5.98. The molecule has 0 saturated carbocycles. The van der Waals surface area contributed by atoms with E-state index in [1.54, 1.807) is 4.68 Å². The van der Waals surface area contributed by atoms with E-state index >= 15 is 0 Å². The molecule has 2 aromatic heterocycles. The van der Waals surface area contributed by atoms with E-state index in [0.29, 0.717) is 28.9 Å². The average molecular weight is 465 g/mol. The molecule has 6 rings (SSSR count). The van der Waals surface area contributed by atoms with Gasteiger partial charge in [0.25, 0.3) is 0 Å². The van der Waals surface area contributed by atoms with Gasteiger partial charge in [0.2, 0.25) is 0 Å². The number of allylic oxidation sites excluding steroid dienone is 1. The maximum atomic E-state index is 14.1. The predicted octanol–water partition coefficient (Wildman–Crippen LogP) is 4.91. The van der Waals surface area contributed by atoms with E-state index in [1.165, 1.54) is 18.5 Å². The fraction of sp³-hybridized carbons (Fsp3) is 0.0741. The lowest BCUT2D eigenvalue weighted by Gasteiger charge is -2.24. The number of aromatic nitrogens is 4. The molecule has 1 aliphatic heterocycles. The van der Waals surface area contributed by atoms with Crippen LogP contribution in [-0.4, -0.2) is 24.9 Å². The number of anilines is 1. The van der Waals surface area contributed by atoms with Crippen molar-refractivity contribution < 1.29 is 14.2 Å². The van der Waals surface area contributed by atoms with Gasteiger partial charge in [0.05, 0.1) is 5.39 Å². The number of phenols is 1. The van der Waals surface area contributed by atoms with Crippen molar-refractivity contribution in [2.75, 3.05) is 5.73 Å². The smallest absolute Gasteiger partial charge is 0.164 e. The second-order valence-electron chi connectivity index (χ2n) is 8.27. The summed E-state index contributed by atoms with van der Waals surface area (Å²) in [4.78, 5) is 8.52. The Morgan fingerprint density at radius 2 is 1.77 bits per heavy atom. The van der Waals surface area contributed by atoms with Gasteiger partial charge in [-0.15, -0.1) is 0 Å². The molecule has 0 atom stereocenters. The molecular formula is C27H20FN5O2. The number of phenolic OH excluding ortho intramolecular Hbond substituents is 1. The number of nitrogen functional groups attached to an aromatic ring is 1. The molecule has 0 bridgehead atoms. The Labute approximate surface area is 200 Å². The van der Waals surface area contributed by atoms with E-state index in [1.807, 2.05) is 42.5 Å². The number of halogens is 1. The fourth-order valence-electron chi connectivity index (χ4n) is 4.51. The van der Waals surface area contributed by atoms with Crippen LogP contribution in [-0.2, 0) is 17.9 Å². The molecule has 5 aromatic rings. The van der Waals surface area contributed by atoms with Crippen LogP contribution in [0.15, 0.2) is 84.9 Å². The first-order chi connectivity index (χ1) is 17.1. The van der Waals surface area contributed by atoms with Gasteiger partial charge in [-0.1, -0.05) is 54.6 Å². The quantitative estimate of drug-likeness (QED) is 0.391. The lowest BCUT2D eigenvalue weighted by molar-refractivity contribution is 0.180. The Hall–Kier alpha value is -4.72. The monoisotopic (exact) mass is 465 g/mol. The summed E-state index contributed by atoms with van der Waals surface area (Å²) < 4.78 is 22.0. The number of nitrogens with zero attached hydrogens (tertiary/aromatic N) is 4. The van der Waals surface area contributed by atoms with Crippen molar-refractivity contribution in [2.24, 2.45) is 0 Å². The largest absolute Gasteiger partial charge is 0.508 e. The zero-order valence-corrected chi connectivity index (χ0v) is 18.5. The molecule has 8 heteroatoms. The van der Waals surface area contributed by atoms with Crippen molar-refractivity contribution in [3.8, 4) is 17.0 Å². The first-order valence-electron chi connectivity index (χ1n) is 11.0. The number of fused-ring (bicyclic) bond motifs is 2. The molecule has 0 unspecified atom stereocenters. The maximum Gasteiger partial charge on any atom is 0.164 e. The van der Waals surface area contributed by atoms with Crippen molar-refractivity contribution in [2.45, 2.75) is 13.2 Å². The van der Waals surface area contributed by atoms with Gasteiger partial charge in [-0.05, 0) is 28.8 Å². The zero-order valence-electron chi connectivity index (χ0n) is 18.5. The number of hydrogen-bond acceptors (Lipinski definition) is 6. The standard InChI is InChI=1S/C27H20FN5O2/c28-19-10-18(11-20(34)12-19)25-24-26(29)30-15-31-27(24)33(32-25)13-22-23(16-6-2-1-3-7-16)21-9-5-4-8-17(21)14-35-22/h1-12,15,34H,13-14H2,(H2,29,30,31). The molecular weight excluding hydrogens is 445 g/mol. The Morgan fingerprint density at radius 1 is 0.971 bits per heavy atom. The van der Waals surface area contributed by atoms with Gasteiger partial charge in [0, 0.05) is 17.2 Å². The number of ether oxygens (including phenoxy) is 1. The molecule has 3 heterocycles. The minimum atomic E-state index is -0.584. The first-order valence-corrected chi connectivity index (χ1v) is 11.0. The molecule has 3 N–H and O–H groups in total. The van der Waals surface area contributed by atoms with Gasteiger partial charge in [0.1, 0.15) is 48.3 Å². The molecule has 3 aromatic carbocycles. The number of hydrogen-bond donors (Lipinski definition) is 2. The second-order valence-corrected chi connectivity index (χ2v) is 8.27. The number of rotatable bonds is 4. The highest BCUT2D eigenvalue weighted by atomic mass is 19.1. The topological polar surface area (TPSA) is 99.1 Å². The van der Waals surface area contributed by atoms with Crippen molar-refractivity contribution in [1.82, 2.24) is 19.7 Å². The summed E-state index contributed by atoms with van der Waals surface area (Å²) in [6, 6.07) is 22.0. The highest BCUT2D eigenvalue weighted by Gasteiger charge is 2.24. The van der Waals surface area contributed by atoms with Gasteiger partial charge < -0.3 is 15.6 Å². The second kappa shape index (κ2) is 8.25. The van der Waals surface area contributed by atoms with Crippen molar-refractivity contribution in [3.05, 3.63) is 107 Å². The summed E-state index contributed by atoms with van der Waals surface area (Å²) >= 11 is 0. The molecule has 0 aliphatic carbocycles. The molecule has 0 spiro atoms. The summed E-state index contributed by atoms with van der Waals surface area (Å²) in [6.07, 6.45) is 1.37. The highest BCUT2D eigenvalue weighted by Crippen LogP contribution is 2.37.